The summed E-state index contributed by atoms with van der Waals surface area (Å²) in [5, 5.41) is 3.33. The van der Waals surface area contributed by atoms with Gasteiger partial charge in [-0.2, -0.15) is 0 Å². The van der Waals surface area contributed by atoms with Crippen molar-refractivity contribution in [1.82, 2.24) is 4.98 Å². The summed E-state index contributed by atoms with van der Waals surface area (Å²) in [6.45, 7) is 9.00. The second kappa shape index (κ2) is 6.98. The van der Waals surface area contributed by atoms with E-state index in [4.69, 9.17) is 4.42 Å². The molecule has 0 fully saturated rings. The van der Waals surface area contributed by atoms with Gasteiger partial charge >= 0.3 is 0 Å². The third-order valence-electron chi connectivity index (χ3n) is 3.37. The lowest BCUT2D eigenvalue weighted by molar-refractivity contribution is 0.476. The molecule has 0 saturated heterocycles. The van der Waals surface area contributed by atoms with Crippen LogP contribution in [0.3, 0.4) is 0 Å². The van der Waals surface area contributed by atoms with Crippen molar-refractivity contribution in [2.45, 2.75) is 33.7 Å². The first kappa shape index (κ1) is 14.4. The van der Waals surface area contributed by atoms with Gasteiger partial charge in [0.05, 0.1) is 18.4 Å². The number of hydrogen-bond acceptors (Lipinski definition) is 4. The number of pyridine rings is 1. The number of nitrogens with one attached hydrogen (secondary N) is 1. The van der Waals surface area contributed by atoms with E-state index in [0.717, 1.165) is 42.5 Å². The summed E-state index contributed by atoms with van der Waals surface area (Å²) in [6, 6.07) is 8.15. The third-order valence-corrected chi connectivity index (χ3v) is 3.37. The van der Waals surface area contributed by atoms with E-state index in [-0.39, 0.29) is 0 Å². The minimum atomic E-state index is 0.687. The summed E-state index contributed by atoms with van der Waals surface area (Å²) in [6.07, 6.45) is 2.80. The molecule has 2 aromatic heterocycles. The number of anilines is 2. The van der Waals surface area contributed by atoms with Crippen LogP contribution in [0.25, 0.3) is 0 Å². The fourth-order valence-corrected chi connectivity index (χ4v) is 2.12. The molecule has 1 N–H and O–H groups in total. The van der Waals surface area contributed by atoms with Gasteiger partial charge in [0.2, 0.25) is 0 Å². The van der Waals surface area contributed by atoms with Gasteiger partial charge in [-0.15, -0.1) is 0 Å². The van der Waals surface area contributed by atoms with E-state index in [1.54, 1.807) is 0 Å². The molecule has 0 aliphatic carbocycles. The fraction of sp³-hybridized carbons (Fsp3) is 0.438. The molecule has 0 atom stereocenters. The van der Waals surface area contributed by atoms with Gasteiger partial charge in [-0.3, -0.25) is 0 Å². The van der Waals surface area contributed by atoms with Crippen molar-refractivity contribution < 1.29 is 4.42 Å². The van der Waals surface area contributed by atoms with E-state index in [9.17, 15) is 0 Å². The topological polar surface area (TPSA) is 41.3 Å². The van der Waals surface area contributed by atoms with Gasteiger partial charge in [0, 0.05) is 19.5 Å². The van der Waals surface area contributed by atoms with Gasteiger partial charge in [0.15, 0.2) is 0 Å². The first-order valence-electron chi connectivity index (χ1n) is 7.29. The highest BCUT2D eigenvalue weighted by Gasteiger charge is 2.04. The SMILES string of the molecule is CCc1ccc(CNc2ccc(N(CC)CC)nc2)o1. The van der Waals surface area contributed by atoms with E-state index in [1.807, 2.05) is 18.3 Å². The quantitative estimate of drug-likeness (QED) is 0.835. The van der Waals surface area contributed by atoms with Crippen molar-refractivity contribution in [3.63, 3.8) is 0 Å². The van der Waals surface area contributed by atoms with E-state index >= 15 is 0 Å². The molecule has 20 heavy (non-hydrogen) atoms. The van der Waals surface area contributed by atoms with Crippen LogP contribution in [0.2, 0.25) is 0 Å². The summed E-state index contributed by atoms with van der Waals surface area (Å²) in [5.74, 6) is 3.00. The zero-order chi connectivity index (χ0) is 14.4. The van der Waals surface area contributed by atoms with E-state index in [1.165, 1.54) is 0 Å². The normalized spacial score (nSPS) is 10.6. The molecule has 0 saturated carbocycles. The number of rotatable bonds is 7. The molecule has 0 bridgehead atoms. The average Bonchev–Trinajstić information content (AvgIpc) is 2.96. The molecule has 0 spiro atoms. The first-order chi connectivity index (χ1) is 9.76. The molecule has 4 heteroatoms. The number of nitrogens with zero attached hydrogens (tertiary/aromatic N) is 2. The monoisotopic (exact) mass is 273 g/mol. The zero-order valence-electron chi connectivity index (χ0n) is 12.5. The van der Waals surface area contributed by atoms with Crippen LogP contribution < -0.4 is 10.2 Å². The van der Waals surface area contributed by atoms with Gasteiger partial charge in [0.25, 0.3) is 0 Å². The summed E-state index contributed by atoms with van der Waals surface area (Å²) in [7, 11) is 0. The summed E-state index contributed by atoms with van der Waals surface area (Å²) < 4.78 is 5.66. The lowest BCUT2D eigenvalue weighted by Gasteiger charge is -2.19. The summed E-state index contributed by atoms with van der Waals surface area (Å²) >= 11 is 0. The lowest BCUT2D eigenvalue weighted by atomic mass is 10.3. The van der Waals surface area contributed by atoms with Crippen LogP contribution in [0, 0.1) is 0 Å². The smallest absolute Gasteiger partial charge is 0.128 e. The number of hydrogen-bond donors (Lipinski definition) is 1. The molecule has 0 radical (unpaired) electrons. The molecule has 0 amide bonds. The molecule has 0 aromatic carbocycles. The van der Waals surface area contributed by atoms with Crippen LogP contribution in [-0.4, -0.2) is 18.1 Å². The minimum absolute atomic E-state index is 0.687. The van der Waals surface area contributed by atoms with Crippen molar-refractivity contribution in [3.05, 3.63) is 42.0 Å². The molecule has 2 heterocycles. The highest BCUT2D eigenvalue weighted by molar-refractivity contribution is 5.48. The Kier molecular flexibility index (Phi) is 5.04. The Morgan fingerprint density at radius 3 is 2.35 bits per heavy atom. The molecule has 4 nitrogen and oxygen atoms in total. The second-order valence-electron chi connectivity index (χ2n) is 4.65. The predicted molar refractivity (Wildman–Crippen MR) is 83.2 cm³/mol. The molecule has 108 valence electrons. The fourth-order valence-electron chi connectivity index (χ4n) is 2.12. The van der Waals surface area contributed by atoms with E-state index in [2.05, 4.69) is 48.1 Å². The average molecular weight is 273 g/mol. The van der Waals surface area contributed by atoms with Crippen LogP contribution in [0.4, 0.5) is 11.5 Å². The summed E-state index contributed by atoms with van der Waals surface area (Å²) in [5.41, 5.74) is 1.01. The molecule has 2 aromatic rings. The van der Waals surface area contributed by atoms with Gasteiger partial charge in [0.1, 0.15) is 17.3 Å². The van der Waals surface area contributed by atoms with Crippen molar-refractivity contribution in [1.29, 1.82) is 0 Å². The zero-order valence-corrected chi connectivity index (χ0v) is 12.5. The summed E-state index contributed by atoms with van der Waals surface area (Å²) in [4.78, 5) is 6.71. The maximum absolute atomic E-state index is 5.66. The Morgan fingerprint density at radius 2 is 1.80 bits per heavy atom. The maximum Gasteiger partial charge on any atom is 0.128 e. The lowest BCUT2D eigenvalue weighted by Crippen LogP contribution is -2.22. The third kappa shape index (κ3) is 3.53. The van der Waals surface area contributed by atoms with Crippen LogP contribution in [-0.2, 0) is 13.0 Å². The van der Waals surface area contributed by atoms with Crippen LogP contribution in [0.1, 0.15) is 32.3 Å². The van der Waals surface area contributed by atoms with Crippen molar-refractivity contribution in [2.24, 2.45) is 0 Å². The van der Waals surface area contributed by atoms with Crippen LogP contribution in [0.5, 0.6) is 0 Å². The van der Waals surface area contributed by atoms with Gasteiger partial charge in [-0.25, -0.2) is 4.98 Å². The number of aryl methyl sites for hydroxylation is 1. The minimum Gasteiger partial charge on any atom is -0.464 e. The molecular weight excluding hydrogens is 250 g/mol. The largest absolute Gasteiger partial charge is 0.464 e. The molecule has 0 aliphatic rings. The van der Waals surface area contributed by atoms with Crippen molar-refractivity contribution >= 4 is 11.5 Å². The highest BCUT2D eigenvalue weighted by atomic mass is 16.3. The Morgan fingerprint density at radius 1 is 1.05 bits per heavy atom. The molecule has 0 unspecified atom stereocenters. The predicted octanol–water partition coefficient (Wildman–Crippen LogP) is 3.70. The van der Waals surface area contributed by atoms with Crippen molar-refractivity contribution in [2.75, 3.05) is 23.3 Å². The van der Waals surface area contributed by atoms with Crippen LogP contribution >= 0.6 is 0 Å². The van der Waals surface area contributed by atoms with E-state index < -0.39 is 0 Å². The molecule has 2 rings (SSSR count). The van der Waals surface area contributed by atoms with Crippen LogP contribution in [0.15, 0.2) is 34.9 Å². The Hall–Kier alpha value is -1.97. The maximum atomic E-state index is 5.66. The highest BCUT2D eigenvalue weighted by Crippen LogP contribution is 2.15. The standard InChI is InChI=1S/C16H23N3O/c1-4-14-8-9-15(20-14)12-17-13-7-10-16(18-11-13)19(5-2)6-3/h7-11,17H,4-6,12H2,1-3H3. The van der Waals surface area contributed by atoms with E-state index in [0.29, 0.717) is 6.54 Å². The molecular formula is C16H23N3O. The Bertz CT molecular complexity index is 515. The molecule has 0 aliphatic heterocycles. The van der Waals surface area contributed by atoms with Gasteiger partial charge in [-0.05, 0) is 38.1 Å². The second-order valence-corrected chi connectivity index (χ2v) is 4.65. The van der Waals surface area contributed by atoms with Gasteiger partial charge in [-0.1, -0.05) is 6.92 Å². The first-order valence-corrected chi connectivity index (χ1v) is 7.29. The van der Waals surface area contributed by atoms with Crippen molar-refractivity contribution in [3.8, 4) is 0 Å². The van der Waals surface area contributed by atoms with Gasteiger partial charge < -0.3 is 14.6 Å². The Labute approximate surface area is 120 Å². The Balaban J connectivity index is 1.93. The number of furan rings is 1. The number of aromatic nitrogens is 1.